The maximum Gasteiger partial charge on any atom is 0.164 e. The maximum absolute atomic E-state index is 6.50. The number of rotatable bonds is 5. The number of hydrogen-bond donors (Lipinski definition) is 0. The van der Waals surface area contributed by atoms with Crippen LogP contribution in [0.5, 0.6) is 0 Å². The van der Waals surface area contributed by atoms with Gasteiger partial charge in [-0.1, -0.05) is 140 Å². The van der Waals surface area contributed by atoms with Gasteiger partial charge in [0.15, 0.2) is 17.5 Å². The van der Waals surface area contributed by atoms with Crippen molar-refractivity contribution < 1.29 is 8.83 Å². The minimum atomic E-state index is 0.586. The van der Waals surface area contributed by atoms with E-state index in [-0.39, 0.29) is 0 Å². The Morgan fingerprint density at radius 3 is 1.59 bits per heavy atom. The molecule has 3 heterocycles. The minimum absolute atomic E-state index is 0.586. The van der Waals surface area contributed by atoms with Gasteiger partial charge in [-0.25, -0.2) is 15.0 Å². The van der Waals surface area contributed by atoms with E-state index in [1.54, 1.807) is 0 Å². The summed E-state index contributed by atoms with van der Waals surface area (Å²) in [5.41, 5.74) is 10.3. The van der Waals surface area contributed by atoms with Gasteiger partial charge in [0.1, 0.15) is 22.3 Å². The van der Waals surface area contributed by atoms with Crippen molar-refractivity contribution in [2.24, 2.45) is 0 Å². The van der Waals surface area contributed by atoms with Crippen LogP contribution in [0.15, 0.2) is 185 Å². The molecule has 0 amide bonds. The SMILES string of the molecule is c1ccc(-c2cccc3c2oc2ccc(-c4nc(-c5cccc(-c6cccc7c6oc6ccccc67)c5)nc(-c5ccc6ccccc6c5)n4)cc23)cc1. The fraction of sp³-hybridized carbons (Fsp3) is 0. The Balaban J connectivity index is 1.09. The van der Waals surface area contributed by atoms with E-state index < -0.39 is 0 Å². The van der Waals surface area contributed by atoms with E-state index in [9.17, 15) is 0 Å². The molecular formula is C49H29N3O2. The predicted octanol–water partition coefficient (Wildman–Crippen LogP) is 13.2. The largest absolute Gasteiger partial charge is 0.455 e. The Kier molecular flexibility index (Phi) is 6.79. The van der Waals surface area contributed by atoms with Crippen LogP contribution in [0.3, 0.4) is 0 Å². The number of aromatic nitrogens is 3. The fourth-order valence-electron chi connectivity index (χ4n) is 7.67. The maximum atomic E-state index is 6.50. The normalized spacial score (nSPS) is 11.7. The van der Waals surface area contributed by atoms with Crippen LogP contribution in [0.25, 0.3) is 111 Å². The van der Waals surface area contributed by atoms with Crippen molar-refractivity contribution in [1.82, 2.24) is 15.0 Å². The first-order valence-corrected chi connectivity index (χ1v) is 18.0. The van der Waals surface area contributed by atoms with Gasteiger partial charge in [0.25, 0.3) is 0 Å². The van der Waals surface area contributed by atoms with Crippen LogP contribution < -0.4 is 0 Å². The summed E-state index contributed by atoms with van der Waals surface area (Å²) in [6, 6.07) is 60.4. The van der Waals surface area contributed by atoms with Gasteiger partial charge in [-0.3, -0.25) is 0 Å². The van der Waals surface area contributed by atoms with Crippen LogP contribution in [-0.2, 0) is 0 Å². The highest BCUT2D eigenvalue weighted by atomic mass is 16.3. The van der Waals surface area contributed by atoms with Gasteiger partial charge in [-0.05, 0) is 58.3 Å². The fourth-order valence-corrected chi connectivity index (χ4v) is 7.67. The van der Waals surface area contributed by atoms with Crippen LogP contribution in [0.2, 0.25) is 0 Å². The number of para-hydroxylation sites is 3. The lowest BCUT2D eigenvalue weighted by Gasteiger charge is -2.10. The van der Waals surface area contributed by atoms with Crippen molar-refractivity contribution in [1.29, 1.82) is 0 Å². The van der Waals surface area contributed by atoms with Gasteiger partial charge in [0.2, 0.25) is 0 Å². The van der Waals surface area contributed by atoms with Gasteiger partial charge < -0.3 is 8.83 Å². The van der Waals surface area contributed by atoms with Gasteiger partial charge in [0, 0.05) is 49.4 Å². The monoisotopic (exact) mass is 691 g/mol. The van der Waals surface area contributed by atoms with E-state index in [1.165, 1.54) is 0 Å². The number of nitrogens with zero attached hydrogens (tertiary/aromatic N) is 3. The first-order valence-electron chi connectivity index (χ1n) is 18.0. The van der Waals surface area contributed by atoms with E-state index >= 15 is 0 Å². The highest BCUT2D eigenvalue weighted by Crippen LogP contribution is 2.39. The molecule has 0 saturated carbocycles. The summed E-state index contributed by atoms with van der Waals surface area (Å²) in [5, 5.41) is 6.54. The van der Waals surface area contributed by atoms with E-state index in [1.807, 2.05) is 36.4 Å². The standard InChI is InChI=1S/C49H29N3O2/c1-2-12-31(13-3-1)37-18-9-21-41-42-29-36(25-26-44(42)54-45(37)41)49-51-47(50-48(52-49)35-24-23-30-11-4-5-14-32(30)27-35)34-16-8-15-33(28-34)38-19-10-20-40-39-17-6-7-22-43(39)53-46(38)40/h1-29H. The summed E-state index contributed by atoms with van der Waals surface area (Å²) >= 11 is 0. The third-order valence-corrected chi connectivity index (χ3v) is 10.3. The average Bonchev–Trinajstić information content (AvgIpc) is 3.82. The third kappa shape index (κ3) is 4.98. The lowest BCUT2D eigenvalue weighted by molar-refractivity contribution is 0.669. The molecule has 0 unspecified atom stereocenters. The van der Waals surface area contributed by atoms with Crippen LogP contribution in [-0.4, -0.2) is 15.0 Å². The molecule has 0 aliphatic rings. The Labute approximate surface area is 309 Å². The zero-order chi connectivity index (χ0) is 35.6. The molecular weight excluding hydrogens is 663 g/mol. The highest BCUT2D eigenvalue weighted by Gasteiger charge is 2.18. The Bertz CT molecular complexity index is 3230. The van der Waals surface area contributed by atoms with Gasteiger partial charge >= 0.3 is 0 Å². The molecule has 0 saturated heterocycles. The molecule has 0 bridgehead atoms. The molecule has 0 fully saturated rings. The Morgan fingerprint density at radius 2 is 0.815 bits per heavy atom. The molecule has 0 spiro atoms. The van der Waals surface area contributed by atoms with Crippen LogP contribution in [0.1, 0.15) is 0 Å². The van der Waals surface area contributed by atoms with Crippen molar-refractivity contribution in [2.45, 2.75) is 0 Å². The summed E-state index contributed by atoms with van der Waals surface area (Å²) in [4.78, 5) is 15.4. The lowest BCUT2D eigenvalue weighted by atomic mass is 10.00. The van der Waals surface area contributed by atoms with E-state index in [0.717, 1.165) is 93.6 Å². The first-order chi connectivity index (χ1) is 26.7. The molecule has 8 aromatic carbocycles. The number of fused-ring (bicyclic) bond motifs is 7. The second-order valence-corrected chi connectivity index (χ2v) is 13.6. The topological polar surface area (TPSA) is 65.0 Å². The van der Waals surface area contributed by atoms with Crippen molar-refractivity contribution in [3.05, 3.63) is 176 Å². The van der Waals surface area contributed by atoms with Crippen LogP contribution in [0.4, 0.5) is 0 Å². The quantitative estimate of drug-likeness (QED) is 0.180. The predicted molar refractivity (Wildman–Crippen MR) is 219 cm³/mol. The van der Waals surface area contributed by atoms with E-state index in [0.29, 0.717) is 17.5 Å². The van der Waals surface area contributed by atoms with Crippen molar-refractivity contribution in [3.8, 4) is 56.4 Å². The molecule has 11 aromatic rings. The van der Waals surface area contributed by atoms with E-state index in [2.05, 4.69) is 140 Å². The number of furan rings is 2. The summed E-state index contributed by atoms with van der Waals surface area (Å²) in [6.45, 7) is 0. The van der Waals surface area contributed by atoms with Crippen molar-refractivity contribution in [2.75, 3.05) is 0 Å². The molecule has 0 aliphatic carbocycles. The summed E-state index contributed by atoms with van der Waals surface area (Å²) in [6.07, 6.45) is 0. The molecule has 0 aliphatic heterocycles. The molecule has 5 heteroatoms. The summed E-state index contributed by atoms with van der Waals surface area (Å²) in [7, 11) is 0. The molecule has 5 nitrogen and oxygen atoms in total. The minimum Gasteiger partial charge on any atom is -0.455 e. The van der Waals surface area contributed by atoms with Crippen molar-refractivity contribution in [3.63, 3.8) is 0 Å². The second kappa shape index (κ2) is 12.1. The number of benzene rings is 8. The van der Waals surface area contributed by atoms with E-state index in [4.69, 9.17) is 23.8 Å². The third-order valence-electron chi connectivity index (χ3n) is 10.3. The lowest BCUT2D eigenvalue weighted by Crippen LogP contribution is -2.00. The Morgan fingerprint density at radius 1 is 0.296 bits per heavy atom. The number of hydrogen-bond acceptors (Lipinski definition) is 5. The molecule has 0 radical (unpaired) electrons. The molecule has 0 atom stereocenters. The van der Waals surface area contributed by atoms with Crippen molar-refractivity contribution >= 4 is 54.6 Å². The zero-order valence-electron chi connectivity index (χ0n) is 28.9. The average molecular weight is 692 g/mol. The first kappa shape index (κ1) is 30.3. The second-order valence-electron chi connectivity index (χ2n) is 13.6. The molecule has 54 heavy (non-hydrogen) atoms. The molecule has 252 valence electrons. The Hall–Kier alpha value is -7.37. The van der Waals surface area contributed by atoms with Crippen LogP contribution in [0, 0.1) is 0 Å². The summed E-state index contributed by atoms with van der Waals surface area (Å²) in [5.74, 6) is 1.78. The molecule has 0 N–H and O–H groups in total. The molecule has 3 aromatic heterocycles. The van der Waals surface area contributed by atoms with Crippen LogP contribution >= 0.6 is 0 Å². The molecule has 11 rings (SSSR count). The smallest absolute Gasteiger partial charge is 0.164 e. The highest BCUT2D eigenvalue weighted by molar-refractivity contribution is 6.11. The van der Waals surface area contributed by atoms with Gasteiger partial charge in [0.05, 0.1) is 0 Å². The summed E-state index contributed by atoms with van der Waals surface area (Å²) < 4.78 is 12.9. The van der Waals surface area contributed by atoms with Gasteiger partial charge in [-0.15, -0.1) is 0 Å². The van der Waals surface area contributed by atoms with Gasteiger partial charge in [-0.2, -0.15) is 0 Å². The zero-order valence-corrected chi connectivity index (χ0v) is 28.9.